The number of ether oxygens (including phenoxy) is 2. The van der Waals surface area contributed by atoms with E-state index in [4.69, 9.17) is 14.5 Å². The lowest BCUT2D eigenvalue weighted by Crippen LogP contribution is -2.01. The summed E-state index contributed by atoms with van der Waals surface area (Å²) in [5.74, 6) is 2.04. The first kappa shape index (κ1) is 20.0. The van der Waals surface area contributed by atoms with E-state index < -0.39 is 0 Å². The Morgan fingerprint density at radius 2 is 1.35 bits per heavy atom. The van der Waals surface area contributed by atoms with Gasteiger partial charge >= 0.3 is 0 Å². The van der Waals surface area contributed by atoms with Gasteiger partial charge < -0.3 is 14.8 Å². The van der Waals surface area contributed by atoms with Gasteiger partial charge in [-0.05, 0) is 60.2 Å². The van der Waals surface area contributed by atoms with Gasteiger partial charge in [-0.3, -0.25) is 0 Å². The summed E-state index contributed by atoms with van der Waals surface area (Å²) in [6, 6.07) is 29.3. The number of nitrogens with zero attached hydrogens (tertiary/aromatic N) is 2. The zero-order chi connectivity index (χ0) is 21.6. The number of hydrogen-bond donors (Lipinski definition) is 1. The SMILES string of the molecule is COc1ccc(-c2cc(-c3ccc(OC)cc3)c(C#N)c(Nc3ccccc3)n2)cc1. The van der Waals surface area contributed by atoms with E-state index in [0.29, 0.717) is 11.4 Å². The second-order valence-electron chi connectivity index (χ2n) is 6.84. The highest BCUT2D eigenvalue weighted by Crippen LogP contribution is 2.34. The Morgan fingerprint density at radius 1 is 0.774 bits per heavy atom. The highest BCUT2D eigenvalue weighted by Gasteiger charge is 2.16. The van der Waals surface area contributed by atoms with Crippen molar-refractivity contribution in [2.24, 2.45) is 0 Å². The lowest BCUT2D eigenvalue weighted by atomic mass is 9.98. The van der Waals surface area contributed by atoms with Crippen LogP contribution in [0.1, 0.15) is 5.56 Å². The lowest BCUT2D eigenvalue weighted by Gasteiger charge is -2.15. The molecule has 0 radical (unpaired) electrons. The average Bonchev–Trinajstić information content (AvgIpc) is 2.84. The predicted molar refractivity (Wildman–Crippen MR) is 123 cm³/mol. The molecule has 0 spiro atoms. The van der Waals surface area contributed by atoms with Gasteiger partial charge in [-0.15, -0.1) is 0 Å². The molecule has 1 heterocycles. The normalized spacial score (nSPS) is 10.2. The van der Waals surface area contributed by atoms with E-state index in [1.807, 2.05) is 84.9 Å². The molecule has 0 saturated heterocycles. The maximum atomic E-state index is 10.00. The number of anilines is 2. The van der Waals surface area contributed by atoms with Crippen molar-refractivity contribution in [2.75, 3.05) is 19.5 Å². The van der Waals surface area contributed by atoms with E-state index in [2.05, 4.69) is 11.4 Å². The smallest absolute Gasteiger partial charge is 0.149 e. The van der Waals surface area contributed by atoms with Crippen LogP contribution in [-0.4, -0.2) is 19.2 Å². The number of methoxy groups -OCH3 is 2. The van der Waals surface area contributed by atoms with Crippen LogP contribution >= 0.6 is 0 Å². The summed E-state index contributed by atoms with van der Waals surface area (Å²) in [6.45, 7) is 0. The summed E-state index contributed by atoms with van der Waals surface area (Å²) in [4.78, 5) is 4.79. The van der Waals surface area contributed by atoms with Crippen LogP contribution < -0.4 is 14.8 Å². The van der Waals surface area contributed by atoms with Gasteiger partial charge in [0.1, 0.15) is 28.9 Å². The molecule has 4 rings (SSSR count). The van der Waals surface area contributed by atoms with E-state index in [1.54, 1.807) is 14.2 Å². The molecule has 5 nitrogen and oxygen atoms in total. The quantitative estimate of drug-likeness (QED) is 0.421. The largest absolute Gasteiger partial charge is 0.497 e. The number of para-hydroxylation sites is 1. The molecule has 5 heteroatoms. The maximum Gasteiger partial charge on any atom is 0.149 e. The molecule has 152 valence electrons. The van der Waals surface area contributed by atoms with Gasteiger partial charge in [0, 0.05) is 16.8 Å². The molecule has 0 unspecified atom stereocenters. The first-order valence-corrected chi connectivity index (χ1v) is 9.78. The van der Waals surface area contributed by atoms with Crippen LogP contribution in [0.3, 0.4) is 0 Å². The Labute approximate surface area is 181 Å². The molecule has 3 aromatic carbocycles. The highest BCUT2D eigenvalue weighted by molar-refractivity contribution is 5.82. The Hall–Kier alpha value is -4.30. The van der Waals surface area contributed by atoms with Crippen LogP contribution in [0.4, 0.5) is 11.5 Å². The molecule has 0 aliphatic heterocycles. The van der Waals surface area contributed by atoms with Crippen LogP contribution in [-0.2, 0) is 0 Å². The molecule has 1 aromatic heterocycles. The molecular weight excluding hydrogens is 386 g/mol. The fraction of sp³-hybridized carbons (Fsp3) is 0.0769. The van der Waals surface area contributed by atoms with E-state index in [-0.39, 0.29) is 0 Å². The Kier molecular flexibility index (Phi) is 5.82. The topological polar surface area (TPSA) is 67.2 Å². The lowest BCUT2D eigenvalue weighted by molar-refractivity contribution is 0.415. The number of nitrogens with one attached hydrogen (secondary N) is 1. The van der Waals surface area contributed by atoms with Crippen molar-refractivity contribution in [2.45, 2.75) is 0 Å². The second kappa shape index (κ2) is 9.02. The number of rotatable bonds is 6. The highest BCUT2D eigenvalue weighted by atomic mass is 16.5. The van der Waals surface area contributed by atoms with Gasteiger partial charge in [0.25, 0.3) is 0 Å². The third-order valence-corrected chi connectivity index (χ3v) is 4.95. The number of nitriles is 1. The first-order valence-electron chi connectivity index (χ1n) is 9.78. The molecule has 31 heavy (non-hydrogen) atoms. The summed E-state index contributed by atoms with van der Waals surface area (Å²) >= 11 is 0. The van der Waals surface area contributed by atoms with Gasteiger partial charge in [-0.2, -0.15) is 5.26 Å². The maximum absolute atomic E-state index is 10.00. The monoisotopic (exact) mass is 407 g/mol. The molecule has 0 bridgehead atoms. The van der Waals surface area contributed by atoms with Crippen molar-refractivity contribution in [3.63, 3.8) is 0 Å². The molecule has 0 aliphatic carbocycles. The molecule has 0 aliphatic rings. The minimum atomic E-state index is 0.478. The van der Waals surface area contributed by atoms with Crippen molar-refractivity contribution in [1.82, 2.24) is 4.98 Å². The summed E-state index contributed by atoms with van der Waals surface area (Å²) in [6.07, 6.45) is 0. The first-order chi connectivity index (χ1) is 15.2. The second-order valence-corrected chi connectivity index (χ2v) is 6.84. The fourth-order valence-electron chi connectivity index (χ4n) is 3.31. The molecule has 0 atom stereocenters. The van der Waals surface area contributed by atoms with Crippen LogP contribution in [0.5, 0.6) is 11.5 Å². The molecule has 0 fully saturated rings. The van der Waals surface area contributed by atoms with E-state index in [0.717, 1.165) is 39.6 Å². The summed E-state index contributed by atoms with van der Waals surface area (Å²) in [5.41, 5.74) is 4.72. The van der Waals surface area contributed by atoms with Crippen molar-refractivity contribution < 1.29 is 9.47 Å². The summed E-state index contributed by atoms with van der Waals surface area (Å²) < 4.78 is 10.5. The van der Waals surface area contributed by atoms with Gasteiger partial charge in [0.15, 0.2) is 0 Å². The van der Waals surface area contributed by atoms with Gasteiger partial charge in [0.2, 0.25) is 0 Å². The molecular formula is C26H21N3O2. The zero-order valence-electron chi connectivity index (χ0n) is 17.3. The van der Waals surface area contributed by atoms with E-state index >= 15 is 0 Å². The average molecular weight is 407 g/mol. The minimum Gasteiger partial charge on any atom is -0.497 e. The van der Waals surface area contributed by atoms with Gasteiger partial charge in [-0.25, -0.2) is 4.98 Å². The Balaban J connectivity index is 1.88. The van der Waals surface area contributed by atoms with Gasteiger partial charge in [0.05, 0.1) is 19.9 Å². The Morgan fingerprint density at radius 3 is 1.90 bits per heavy atom. The third kappa shape index (κ3) is 4.34. The molecule has 0 amide bonds. The van der Waals surface area contributed by atoms with Crippen molar-refractivity contribution in [1.29, 1.82) is 5.26 Å². The van der Waals surface area contributed by atoms with Crippen LogP contribution in [0.2, 0.25) is 0 Å². The molecule has 0 saturated carbocycles. The predicted octanol–water partition coefficient (Wildman–Crippen LogP) is 6.05. The van der Waals surface area contributed by atoms with Gasteiger partial charge in [-0.1, -0.05) is 30.3 Å². The minimum absolute atomic E-state index is 0.478. The number of benzene rings is 3. The molecule has 4 aromatic rings. The van der Waals surface area contributed by atoms with E-state index in [1.165, 1.54) is 0 Å². The number of hydrogen-bond acceptors (Lipinski definition) is 5. The number of pyridine rings is 1. The summed E-state index contributed by atoms with van der Waals surface area (Å²) in [5, 5.41) is 13.3. The van der Waals surface area contributed by atoms with Crippen LogP contribution in [0.15, 0.2) is 84.9 Å². The zero-order valence-corrected chi connectivity index (χ0v) is 17.3. The third-order valence-electron chi connectivity index (χ3n) is 4.95. The molecule has 1 N–H and O–H groups in total. The summed E-state index contributed by atoms with van der Waals surface area (Å²) in [7, 11) is 3.27. The van der Waals surface area contributed by atoms with Crippen LogP contribution in [0.25, 0.3) is 22.4 Å². The number of aromatic nitrogens is 1. The standard InChI is InChI=1S/C26H21N3O2/c1-30-21-12-8-18(9-13-21)23-16-25(19-10-14-22(31-2)15-11-19)29-26(24(23)17-27)28-20-6-4-3-5-7-20/h3-16H,1-2H3,(H,28,29). The van der Waals surface area contributed by atoms with Crippen molar-refractivity contribution >= 4 is 11.5 Å². The van der Waals surface area contributed by atoms with Crippen LogP contribution in [0, 0.1) is 11.3 Å². The fourth-order valence-corrected chi connectivity index (χ4v) is 3.31. The van der Waals surface area contributed by atoms with Crippen molar-refractivity contribution in [3.05, 3.63) is 90.5 Å². The Bertz CT molecular complexity index is 1210. The van der Waals surface area contributed by atoms with E-state index in [9.17, 15) is 5.26 Å². The van der Waals surface area contributed by atoms with Crippen molar-refractivity contribution in [3.8, 4) is 40.0 Å².